The van der Waals surface area contributed by atoms with Gasteiger partial charge in [-0.25, -0.2) is 0 Å². The van der Waals surface area contributed by atoms with Crippen molar-refractivity contribution in [3.63, 3.8) is 0 Å². The van der Waals surface area contributed by atoms with E-state index >= 15 is 0 Å². The summed E-state index contributed by atoms with van der Waals surface area (Å²) in [6, 6.07) is 0. The molecule has 1 spiro atoms. The van der Waals surface area contributed by atoms with Gasteiger partial charge in [0.2, 0.25) is 5.91 Å². The number of nitrogens with zero attached hydrogens (tertiary/aromatic N) is 2. The van der Waals surface area contributed by atoms with Crippen molar-refractivity contribution in [3.8, 4) is 0 Å². The van der Waals surface area contributed by atoms with Crippen LogP contribution in [0.5, 0.6) is 0 Å². The van der Waals surface area contributed by atoms with E-state index in [0.29, 0.717) is 5.91 Å². The summed E-state index contributed by atoms with van der Waals surface area (Å²) in [5, 5.41) is 3.31. The van der Waals surface area contributed by atoms with Crippen LogP contribution in [0.2, 0.25) is 0 Å². The first kappa shape index (κ1) is 11.8. The Morgan fingerprint density at radius 1 is 1.50 bits per heavy atom. The Balaban J connectivity index is 1.68. The highest BCUT2D eigenvalue weighted by Crippen LogP contribution is 2.39. The van der Waals surface area contributed by atoms with Crippen LogP contribution in [0.1, 0.15) is 12.8 Å². The number of carbonyl (C=O) groups excluding carboxylic acids is 1. The second-order valence-electron chi connectivity index (χ2n) is 4.78. The van der Waals surface area contributed by atoms with Gasteiger partial charge in [0.1, 0.15) is 0 Å². The third-order valence-electron chi connectivity index (χ3n) is 3.48. The molecule has 0 atom stereocenters. The summed E-state index contributed by atoms with van der Waals surface area (Å²) in [7, 11) is 3.76. The lowest BCUT2D eigenvalue weighted by Gasteiger charge is -2.21. The lowest BCUT2D eigenvalue weighted by atomic mass is 10.3. The molecule has 1 saturated heterocycles. The van der Waals surface area contributed by atoms with Gasteiger partial charge in [-0.1, -0.05) is 0 Å². The van der Waals surface area contributed by atoms with E-state index in [1.165, 1.54) is 0 Å². The van der Waals surface area contributed by atoms with Crippen molar-refractivity contribution in [2.24, 2.45) is 0 Å². The number of amides is 1. The predicted molar refractivity (Wildman–Crippen MR) is 61.1 cm³/mol. The van der Waals surface area contributed by atoms with Crippen LogP contribution in [0.3, 0.4) is 0 Å². The molecular weight excluding hydrogens is 206 g/mol. The molecule has 1 saturated carbocycles. The molecule has 1 heterocycles. The van der Waals surface area contributed by atoms with Crippen LogP contribution in [-0.2, 0) is 9.53 Å². The number of nitrogens with one attached hydrogen (secondary N) is 1. The largest absolute Gasteiger partial charge is 0.383 e. The van der Waals surface area contributed by atoms with Gasteiger partial charge < -0.3 is 14.5 Å². The normalized spacial score (nSPS) is 22.4. The summed E-state index contributed by atoms with van der Waals surface area (Å²) >= 11 is 0. The van der Waals surface area contributed by atoms with Crippen molar-refractivity contribution in [1.82, 2.24) is 15.1 Å². The van der Waals surface area contributed by atoms with Crippen molar-refractivity contribution in [3.05, 3.63) is 0 Å². The van der Waals surface area contributed by atoms with Crippen molar-refractivity contribution in [2.45, 2.75) is 18.4 Å². The Hall–Kier alpha value is -0.650. The van der Waals surface area contributed by atoms with E-state index in [4.69, 9.17) is 4.74 Å². The van der Waals surface area contributed by atoms with Gasteiger partial charge >= 0.3 is 0 Å². The molecule has 0 aromatic heterocycles. The Kier molecular flexibility index (Phi) is 3.47. The number of likely N-dealkylation sites (N-methyl/N-ethyl adjacent to an activating group) is 1. The third-order valence-corrected chi connectivity index (χ3v) is 3.48. The van der Waals surface area contributed by atoms with Crippen molar-refractivity contribution >= 4 is 5.91 Å². The van der Waals surface area contributed by atoms with Gasteiger partial charge in [-0.05, 0) is 19.9 Å². The Labute approximate surface area is 96.7 Å². The van der Waals surface area contributed by atoms with E-state index in [1.54, 1.807) is 7.11 Å². The Morgan fingerprint density at radius 2 is 2.25 bits per heavy atom. The number of ether oxygens (including phenoxy) is 1. The quantitative estimate of drug-likeness (QED) is 0.663. The highest BCUT2D eigenvalue weighted by molar-refractivity contribution is 5.91. The van der Waals surface area contributed by atoms with E-state index < -0.39 is 0 Å². The second-order valence-corrected chi connectivity index (χ2v) is 4.78. The lowest BCUT2D eigenvalue weighted by Crippen LogP contribution is -2.37. The zero-order chi connectivity index (χ0) is 11.6. The molecule has 1 N–H and O–H groups in total. The summed E-state index contributed by atoms with van der Waals surface area (Å²) in [6.45, 7) is 4.10. The van der Waals surface area contributed by atoms with E-state index in [-0.39, 0.29) is 5.54 Å². The van der Waals surface area contributed by atoms with Crippen LogP contribution in [0.25, 0.3) is 0 Å². The summed E-state index contributed by atoms with van der Waals surface area (Å²) in [6.07, 6.45) is 2.03. The van der Waals surface area contributed by atoms with Crippen LogP contribution in [0.4, 0.5) is 0 Å². The van der Waals surface area contributed by atoms with Crippen molar-refractivity contribution in [1.29, 1.82) is 0 Å². The minimum atomic E-state index is -0.148. The summed E-state index contributed by atoms with van der Waals surface area (Å²) in [4.78, 5) is 16.1. The number of hydrogen-bond donors (Lipinski definition) is 1. The fourth-order valence-corrected chi connectivity index (χ4v) is 2.04. The monoisotopic (exact) mass is 227 g/mol. The zero-order valence-electron chi connectivity index (χ0n) is 10.2. The topological polar surface area (TPSA) is 44.8 Å². The van der Waals surface area contributed by atoms with Gasteiger partial charge in [0.25, 0.3) is 0 Å². The molecule has 0 aromatic rings. The smallest absolute Gasteiger partial charge is 0.244 e. The number of rotatable bonds is 6. The Bertz CT molecular complexity index is 266. The van der Waals surface area contributed by atoms with E-state index in [9.17, 15) is 4.79 Å². The highest BCUT2D eigenvalue weighted by atomic mass is 16.5. The molecule has 2 aliphatic rings. The number of carbonyl (C=O) groups is 1. The molecule has 0 unspecified atom stereocenters. The average molecular weight is 227 g/mol. The first-order valence-electron chi connectivity index (χ1n) is 5.90. The molecule has 0 radical (unpaired) electrons. The molecule has 92 valence electrons. The van der Waals surface area contributed by atoms with E-state index in [2.05, 4.69) is 17.3 Å². The van der Waals surface area contributed by atoms with Crippen molar-refractivity contribution in [2.75, 3.05) is 47.1 Å². The van der Waals surface area contributed by atoms with Crippen LogP contribution >= 0.6 is 0 Å². The Morgan fingerprint density at radius 3 is 2.81 bits per heavy atom. The van der Waals surface area contributed by atoms with Crippen LogP contribution < -0.4 is 5.32 Å². The zero-order valence-corrected chi connectivity index (χ0v) is 10.2. The van der Waals surface area contributed by atoms with E-state index in [1.807, 2.05) is 4.90 Å². The maximum atomic E-state index is 11.9. The molecular formula is C11H21N3O2. The molecule has 5 heteroatoms. The van der Waals surface area contributed by atoms with Crippen LogP contribution in [-0.4, -0.2) is 68.3 Å². The van der Waals surface area contributed by atoms with E-state index in [0.717, 1.165) is 45.8 Å². The molecule has 0 aromatic carbocycles. The summed E-state index contributed by atoms with van der Waals surface area (Å²) in [5.74, 6) is 0.299. The van der Waals surface area contributed by atoms with Crippen molar-refractivity contribution < 1.29 is 9.53 Å². The van der Waals surface area contributed by atoms with Crippen LogP contribution in [0, 0.1) is 0 Å². The first-order valence-corrected chi connectivity index (χ1v) is 5.90. The summed E-state index contributed by atoms with van der Waals surface area (Å²) < 4.78 is 5.01. The molecule has 2 fully saturated rings. The fourth-order valence-electron chi connectivity index (χ4n) is 2.04. The van der Waals surface area contributed by atoms with Gasteiger partial charge in [0.05, 0.1) is 18.8 Å². The minimum absolute atomic E-state index is 0.148. The minimum Gasteiger partial charge on any atom is -0.383 e. The lowest BCUT2D eigenvalue weighted by molar-refractivity contribution is -0.129. The maximum Gasteiger partial charge on any atom is 0.244 e. The predicted octanol–water partition coefficient (Wildman–Crippen LogP) is -0.513. The van der Waals surface area contributed by atoms with Gasteiger partial charge in [-0.2, -0.15) is 0 Å². The molecule has 1 aliphatic carbocycles. The SMILES string of the molecule is COCCN(C)CCN1CNC2(CC2)C1=O. The average Bonchev–Trinajstić information content (AvgIpc) is 3.00. The standard InChI is InChI=1S/C11H21N3O2/c1-13(7-8-16-2)5-6-14-9-12-11(3-4-11)10(14)15/h12H,3-9H2,1-2H3. The molecule has 2 rings (SSSR count). The van der Waals surface area contributed by atoms with Gasteiger partial charge in [0.15, 0.2) is 0 Å². The van der Waals surface area contributed by atoms with Crippen LogP contribution in [0.15, 0.2) is 0 Å². The molecule has 1 aliphatic heterocycles. The number of hydrogen-bond acceptors (Lipinski definition) is 4. The molecule has 5 nitrogen and oxygen atoms in total. The molecule has 16 heavy (non-hydrogen) atoms. The molecule has 0 bridgehead atoms. The fraction of sp³-hybridized carbons (Fsp3) is 0.909. The highest BCUT2D eigenvalue weighted by Gasteiger charge is 2.55. The maximum absolute atomic E-state index is 11.9. The third kappa shape index (κ3) is 2.36. The van der Waals surface area contributed by atoms with Gasteiger partial charge in [0, 0.05) is 26.7 Å². The second kappa shape index (κ2) is 4.69. The van der Waals surface area contributed by atoms with Gasteiger partial charge in [-0.15, -0.1) is 0 Å². The number of methoxy groups -OCH3 is 1. The van der Waals surface area contributed by atoms with Gasteiger partial charge in [-0.3, -0.25) is 10.1 Å². The molecule has 1 amide bonds. The first-order chi connectivity index (χ1) is 7.68. The summed E-state index contributed by atoms with van der Waals surface area (Å²) in [5.41, 5.74) is -0.148.